The van der Waals surface area contributed by atoms with Gasteiger partial charge >= 0.3 is 0 Å². The molecule has 11 rings (SSSR count). The molecule has 0 amide bonds. The van der Waals surface area contributed by atoms with Crippen molar-refractivity contribution >= 4 is 16.3 Å². The Labute approximate surface area is 354 Å². The number of aromatic nitrogens is 4. The van der Waals surface area contributed by atoms with E-state index >= 15 is 0 Å². The molecule has 0 aliphatic carbocycles. The molecule has 61 heavy (non-hydrogen) atoms. The summed E-state index contributed by atoms with van der Waals surface area (Å²) in [6, 6.07) is 81.0. The Hall–Kier alpha value is -8.21. The van der Waals surface area contributed by atoms with Gasteiger partial charge in [-0.05, 0) is 63.5 Å². The molecule has 0 radical (unpaired) electrons. The van der Waals surface area contributed by atoms with E-state index in [1.807, 2.05) is 36.4 Å². The normalized spacial score (nSPS) is 11.3. The minimum absolute atomic E-state index is 0.693. The largest absolute Gasteiger partial charge is 0.231 e. The monoisotopic (exact) mass is 778 g/mol. The maximum absolute atomic E-state index is 5.39. The minimum atomic E-state index is 0.693. The van der Waals surface area contributed by atoms with E-state index in [0.29, 0.717) is 5.82 Å². The van der Waals surface area contributed by atoms with Crippen molar-refractivity contribution in [3.05, 3.63) is 231 Å². The van der Waals surface area contributed by atoms with E-state index in [0.717, 1.165) is 100 Å². The van der Waals surface area contributed by atoms with Crippen molar-refractivity contribution in [3.8, 4) is 89.8 Å². The SMILES string of the molecule is c1ccc(-c2cc(-c3ccccc3)nc(-c3cccc(-c4cccc(-c5ccc6c(c5)cc(-c5ccccc5)n5nc(-c7ccccc7)c(-c7ccccc7)c65)c4)c3)n2)cc1. The average Bonchev–Trinajstić information content (AvgIpc) is 3.76. The number of pyridine rings is 1. The third-order valence-electron chi connectivity index (χ3n) is 11.4. The van der Waals surface area contributed by atoms with Crippen LogP contribution in [0.3, 0.4) is 0 Å². The Kier molecular flexibility index (Phi) is 9.14. The zero-order chi connectivity index (χ0) is 40.5. The van der Waals surface area contributed by atoms with Gasteiger partial charge in [0.05, 0.1) is 22.6 Å². The number of hydrogen-bond acceptors (Lipinski definition) is 3. The molecule has 0 spiro atoms. The van der Waals surface area contributed by atoms with Crippen LogP contribution in [0.2, 0.25) is 0 Å². The van der Waals surface area contributed by atoms with Gasteiger partial charge in [-0.15, -0.1) is 0 Å². The smallest absolute Gasteiger partial charge is 0.160 e. The summed E-state index contributed by atoms with van der Waals surface area (Å²) in [7, 11) is 0. The van der Waals surface area contributed by atoms with Crippen LogP contribution in [-0.4, -0.2) is 19.6 Å². The molecule has 0 saturated heterocycles. The van der Waals surface area contributed by atoms with Gasteiger partial charge in [-0.3, -0.25) is 0 Å². The fraction of sp³-hybridized carbons (Fsp3) is 0. The van der Waals surface area contributed by atoms with Crippen molar-refractivity contribution in [3.63, 3.8) is 0 Å². The summed E-state index contributed by atoms with van der Waals surface area (Å²) < 4.78 is 2.15. The molecule has 4 heteroatoms. The lowest BCUT2D eigenvalue weighted by molar-refractivity contribution is 0.979. The molecule has 0 fully saturated rings. The molecule has 0 atom stereocenters. The van der Waals surface area contributed by atoms with Crippen LogP contribution in [0.4, 0.5) is 0 Å². The minimum Gasteiger partial charge on any atom is -0.231 e. The number of benzene rings is 8. The summed E-state index contributed by atoms with van der Waals surface area (Å²) in [5, 5.41) is 7.69. The second-order valence-corrected chi connectivity index (χ2v) is 15.3. The van der Waals surface area contributed by atoms with E-state index in [-0.39, 0.29) is 0 Å². The van der Waals surface area contributed by atoms with Crippen LogP contribution in [0, 0.1) is 0 Å². The van der Waals surface area contributed by atoms with Gasteiger partial charge in [-0.2, -0.15) is 5.10 Å². The molecule has 4 nitrogen and oxygen atoms in total. The maximum Gasteiger partial charge on any atom is 0.160 e. The zero-order valence-electron chi connectivity index (χ0n) is 33.2. The summed E-state index contributed by atoms with van der Waals surface area (Å²) in [5.74, 6) is 0.693. The second-order valence-electron chi connectivity index (χ2n) is 15.3. The van der Waals surface area contributed by atoms with Crippen LogP contribution < -0.4 is 0 Å². The molecule has 0 N–H and O–H groups in total. The van der Waals surface area contributed by atoms with E-state index in [1.54, 1.807) is 0 Å². The van der Waals surface area contributed by atoms with Crippen LogP contribution in [-0.2, 0) is 0 Å². The predicted octanol–water partition coefficient (Wildman–Crippen LogP) is 14.6. The first-order valence-electron chi connectivity index (χ1n) is 20.6. The van der Waals surface area contributed by atoms with Crippen molar-refractivity contribution < 1.29 is 0 Å². The van der Waals surface area contributed by atoms with Gasteiger partial charge in [0.15, 0.2) is 5.82 Å². The molecule has 286 valence electrons. The van der Waals surface area contributed by atoms with Crippen LogP contribution in [0.25, 0.3) is 106 Å². The van der Waals surface area contributed by atoms with Gasteiger partial charge in [-0.1, -0.05) is 200 Å². The van der Waals surface area contributed by atoms with Crippen LogP contribution in [0.5, 0.6) is 0 Å². The Morgan fingerprint density at radius 2 is 0.754 bits per heavy atom. The summed E-state index contributed by atoms with van der Waals surface area (Å²) in [4.78, 5) is 10.2. The number of nitrogens with zero attached hydrogens (tertiary/aromatic N) is 4. The Balaban J connectivity index is 1.04. The van der Waals surface area contributed by atoms with Crippen molar-refractivity contribution in [1.29, 1.82) is 0 Å². The predicted molar refractivity (Wildman–Crippen MR) is 252 cm³/mol. The molecule has 0 bridgehead atoms. The van der Waals surface area contributed by atoms with Gasteiger partial charge < -0.3 is 0 Å². The van der Waals surface area contributed by atoms with Crippen LogP contribution in [0.15, 0.2) is 231 Å². The molecule has 0 unspecified atom stereocenters. The summed E-state index contributed by atoms with van der Waals surface area (Å²) in [6.45, 7) is 0. The lowest BCUT2D eigenvalue weighted by Gasteiger charge is -2.13. The Morgan fingerprint density at radius 3 is 1.31 bits per heavy atom. The quantitative estimate of drug-likeness (QED) is 0.154. The van der Waals surface area contributed by atoms with Gasteiger partial charge in [0.1, 0.15) is 5.69 Å². The molecular formula is C57H38N4. The molecule has 0 saturated carbocycles. The van der Waals surface area contributed by atoms with E-state index in [4.69, 9.17) is 15.1 Å². The zero-order valence-corrected chi connectivity index (χ0v) is 33.2. The van der Waals surface area contributed by atoms with Crippen LogP contribution >= 0.6 is 0 Å². The molecule has 8 aromatic carbocycles. The highest BCUT2D eigenvalue weighted by atomic mass is 15.2. The molecule has 3 aromatic heterocycles. The maximum atomic E-state index is 5.39. The third kappa shape index (κ3) is 6.86. The number of rotatable bonds is 8. The first-order chi connectivity index (χ1) is 30.2. The third-order valence-corrected chi connectivity index (χ3v) is 11.4. The van der Waals surface area contributed by atoms with Gasteiger partial charge in [0.25, 0.3) is 0 Å². The average molecular weight is 779 g/mol. The first kappa shape index (κ1) is 35.9. The van der Waals surface area contributed by atoms with E-state index in [1.165, 1.54) is 0 Å². The van der Waals surface area contributed by atoms with Crippen molar-refractivity contribution in [2.24, 2.45) is 0 Å². The highest BCUT2D eigenvalue weighted by Gasteiger charge is 2.22. The van der Waals surface area contributed by atoms with Crippen molar-refractivity contribution in [2.75, 3.05) is 0 Å². The van der Waals surface area contributed by atoms with Gasteiger partial charge in [-0.25, -0.2) is 14.5 Å². The van der Waals surface area contributed by atoms with E-state index < -0.39 is 0 Å². The highest BCUT2D eigenvalue weighted by molar-refractivity contribution is 6.09. The Morgan fingerprint density at radius 1 is 0.311 bits per heavy atom. The topological polar surface area (TPSA) is 43.1 Å². The molecule has 11 aromatic rings. The summed E-state index contributed by atoms with van der Waals surface area (Å²) in [6.07, 6.45) is 0. The van der Waals surface area contributed by atoms with Crippen molar-refractivity contribution in [2.45, 2.75) is 0 Å². The Bertz CT molecular complexity index is 3270. The highest BCUT2D eigenvalue weighted by Crippen LogP contribution is 2.42. The molecule has 0 aliphatic rings. The summed E-state index contributed by atoms with van der Waals surface area (Å²) >= 11 is 0. The lowest BCUT2D eigenvalue weighted by atomic mass is 9.94. The van der Waals surface area contributed by atoms with E-state index in [2.05, 4.69) is 199 Å². The molecule has 0 aliphatic heterocycles. The fourth-order valence-electron chi connectivity index (χ4n) is 8.42. The standard InChI is InChI=1S/C57H38N4/c1-6-18-39(19-7-1)51-38-52(40-20-8-2-9-21-40)59-57(58-51)48-31-17-30-46(35-48)44-28-16-29-45(34-44)47-32-33-50-49(36-47)37-53(41-22-10-3-11-23-41)61-56(50)54(42-24-12-4-13-25-42)55(60-61)43-26-14-5-15-27-43/h1-38H. The van der Waals surface area contributed by atoms with Crippen molar-refractivity contribution in [1.82, 2.24) is 19.6 Å². The number of fused-ring (bicyclic) bond motifs is 3. The lowest BCUT2D eigenvalue weighted by Crippen LogP contribution is -1.96. The molecule has 3 heterocycles. The fourth-order valence-corrected chi connectivity index (χ4v) is 8.42. The second kappa shape index (κ2) is 15.5. The number of hydrogen-bond donors (Lipinski definition) is 0. The molecular weight excluding hydrogens is 741 g/mol. The van der Waals surface area contributed by atoms with Crippen LogP contribution in [0.1, 0.15) is 0 Å². The van der Waals surface area contributed by atoms with Gasteiger partial charge in [0, 0.05) is 38.8 Å². The summed E-state index contributed by atoms with van der Waals surface area (Å²) in [5.41, 5.74) is 16.9. The van der Waals surface area contributed by atoms with E-state index in [9.17, 15) is 0 Å². The first-order valence-corrected chi connectivity index (χ1v) is 20.6. The van der Waals surface area contributed by atoms with Gasteiger partial charge in [0.2, 0.25) is 0 Å².